The predicted octanol–water partition coefficient (Wildman–Crippen LogP) is 5.33. The topological polar surface area (TPSA) is 0 Å². The summed E-state index contributed by atoms with van der Waals surface area (Å²) in [4.78, 5) is 0. The summed E-state index contributed by atoms with van der Waals surface area (Å²) in [6, 6.07) is 19.3. The highest BCUT2D eigenvalue weighted by molar-refractivity contribution is 5.78. The Morgan fingerprint density at radius 3 is 2.37 bits per heavy atom. The minimum absolute atomic E-state index is 0.639. The van der Waals surface area contributed by atoms with Crippen molar-refractivity contribution in [2.24, 2.45) is 5.92 Å². The lowest BCUT2D eigenvalue weighted by molar-refractivity contribution is 0.740. The highest BCUT2D eigenvalue weighted by Gasteiger charge is 2.07. The van der Waals surface area contributed by atoms with E-state index in [-0.39, 0.29) is 0 Å². The van der Waals surface area contributed by atoms with E-state index in [1.54, 1.807) is 0 Å². The van der Waals surface area contributed by atoms with Crippen LogP contribution in [0, 0.1) is 5.92 Å². The van der Waals surface area contributed by atoms with Crippen LogP contribution in [0.1, 0.15) is 18.9 Å². The first kappa shape index (κ1) is 12.0. The van der Waals surface area contributed by atoms with Crippen molar-refractivity contribution in [3.05, 3.63) is 78.4 Å². The van der Waals surface area contributed by atoms with Crippen LogP contribution in [0.3, 0.4) is 0 Å². The van der Waals surface area contributed by atoms with Crippen molar-refractivity contribution >= 4 is 5.57 Å². The summed E-state index contributed by atoms with van der Waals surface area (Å²) in [5, 5.41) is 0. The third-order valence-electron chi connectivity index (χ3n) is 3.57. The fraction of sp³-hybridized carbons (Fsp3) is 0.158. The molecule has 1 unspecified atom stereocenters. The van der Waals surface area contributed by atoms with E-state index in [2.05, 4.69) is 79.7 Å². The Morgan fingerprint density at radius 2 is 1.58 bits per heavy atom. The van der Waals surface area contributed by atoms with Crippen LogP contribution in [-0.2, 0) is 0 Å². The first-order chi connectivity index (χ1) is 9.33. The summed E-state index contributed by atoms with van der Waals surface area (Å²) in [7, 11) is 0. The molecule has 1 aliphatic rings. The van der Waals surface area contributed by atoms with E-state index in [0.717, 1.165) is 6.42 Å². The summed E-state index contributed by atoms with van der Waals surface area (Å²) in [6.07, 6.45) is 8.03. The molecule has 1 atom stereocenters. The van der Waals surface area contributed by atoms with Gasteiger partial charge in [-0.25, -0.2) is 0 Å². The number of benzene rings is 2. The van der Waals surface area contributed by atoms with Gasteiger partial charge in [-0.15, -0.1) is 0 Å². The fourth-order valence-corrected chi connectivity index (χ4v) is 2.54. The summed E-state index contributed by atoms with van der Waals surface area (Å²) >= 11 is 0. The standard InChI is InChI=1S/C19H18/c1-15-7-5-10-17(13-15)19-12-6-11-18(14-19)16-8-3-2-4-9-16/h2-6,8-15H,7H2,1H3. The molecule has 0 saturated carbocycles. The van der Waals surface area contributed by atoms with Gasteiger partial charge in [0.25, 0.3) is 0 Å². The summed E-state index contributed by atoms with van der Waals surface area (Å²) in [5.41, 5.74) is 5.21. The van der Waals surface area contributed by atoms with Crippen molar-refractivity contribution < 1.29 is 0 Å². The number of hydrogen-bond acceptors (Lipinski definition) is 0. The van der Waals surface area contributed by atoms with Crippen LogP contribution in [0.25, 0.3) is 16.7 Å². The molecule has 0 radical (unpaired) electrons. The average Bonchev–Trinajstić information content (AvgIpc) is 2.48. The Bertz CT molecular complexity index is 617. The molecule has 0 aromatic heterocycles. The van der Waals surface area contributed by atoms with E-state index >= 15 is 0 Å². The van der Waals surface area contributed by atoms with Crippen molar-refractivity contribution in [3.8, 4) is 11.1 Å². The van der Waals surface area contributed by atoms with Gasteiger partial charge in [0.2, 0.25) is 0 Å². The van der Waals surface area contributed by atoms with Gasteiger partial charge in [0.05, 0.1) is 0 Å². The van der Waals surface area contributed by atoms with E-state index < -0.39 is 0 Å². The van der Waals surface area contributed by atoms with E-state index in [4.69, 9.17) is 0 Å². The zero-order chi connectivity index (χ0) is 13.1. The first-order valence-electron chi connectivity index (χ1n) is 6.87. The zero-order valence-electron chi connectivity index (χ0n) is 11.2. The zero-order valence-corrected chi connectivity index (χ0v) is 11.2. The van der Waals surface area contributed by atoms with Crippen LogP contribution < -0.4 is 0 Å². The molecule has 2 aromatic carbocycles. The van der Waals surface area contributed by atoms with Crippen LogP contribution >= 0.6 is 0 Å². The Kier molecular flexibility index (Phi) is 3.33. The Labute approximate surface area is 115 Å². The molecule has 1 aliphatic carbocycles. The number of allylic oxidation sites excluding steroid dienone is 4. The summed E-state index contributed by atoms with van der Waals surface area (Å²) in [5.74, 6) is 0.639. The normalized spacial score (nSPS) is 18.2. The van der Waals surface area contributed by atoms with Gasteiger partial charge in [0.1, 0.15) is 0 Å². The van der Waals surface area contributed by atoms with Crippen LogP contribution in [0.5, 0.6) is 0 Å². The van der Waals surface area contributed by atoms with Crippen molar-refractivity contribution in [2.45, 2.75) is 13.3 Å². The molecule has 0 amide bonds. The monoisotopic (exact) mass is 246 g/mol. The summed E-state index contributed by atoms with van der Waals surface area (Å²) < 4.78 is 0. The quantitative estimate of drug-likeness (QED) is 0.671. The minimum atomic E-state index is 0.639. The average molecular weight is 246 g/mol. The molecule has 0 heteroatoms. The van der Waals surface area contributed by atoms with E-state index in [1.165, 1.54) is 22.3 Å². The van der Waals surface area contributed by atoms with Gasteiger partial charge in [-0.05, 0) is 40.7 Å². The minimum Gasteiger partial charge on any atom is -0.0834 e. The largest absolute Gasteiger partial charge is 0.0834 e. The van der Waals surface area contributed by atoms with Crippen molar-refractivity contribution in [1.82, 2.24) is 0 Å². The highest BCUT2D eigenvalue weighted by atomic mass is 14.1. The molecule has 0 N–H and O–H groups in total. The maximum absolute atomic E-state index is 2.37. The van der Waals surface area contributed by atoms with Crippen LogP contribution in [-0.4, -0.2) is 0 Å². The molecule has 0 nitrogen and oxygen atoms in total. The SMILES string of the molecule is CC1C=C(c2cccc(-c3ccccc3)c2)C=CC1. The molecular formula is C19H18. The van der Waals surface area contributed by atoms with Crippen molar-refractivity contribution in [1.29, 1.82) is 0 Å². The summed E-state index contributed by atoms with van der Waals surface area (Å²) in [6.45, 7) is 2.27. The molecule has 0 aliphatic heterocycles. The van der Waals surface area contributed by atoms with Gasteiger partial charge in [0, 0.05) is 0 Å². The lowest BCUT2D eigenvalue weighted by Gasteiger charge is -2.13. The molecule has 94 valence electrons. The second kappa shape index (κ2) is 5.27. The smallest absolute Gasteiger partial charge is 0.0178 e. The highest BCUT2D eigenvalue weighted by Crippen LogP contribution is 2.28. The number of hydrogen-bond donors (Lipinski definition) is 0. The van der Waals surface area contributed by atoms with E-state index in [0.29, 0.717) is 5.92 Å². The molecule has 0 fully saturated rings. The Hall–Kier alpha value is -2.08. The van der Waals surface area contributed by atoms with Gasteiger partial charge in [0.15, 0.2) is 0 Å². The lowest BCUT2D eigenvalue weighted by Crippen LogP contribution is -1.95. The second-order valence-electron chi connectivity index (χ2n) is 5.18. The molecule has 2 aromatic rings. The lowest BCUT2D eigenvalue weighted by atomic mass is 9.92. The first-order valence-corrected chi connectivity index (χ1v) is 6.87. The maximum Gasteiger partial charge on any atom is -0.0178 e. The van der Waals surface area contributed by atoms with Crippen LogP contribution in [0.4, 0.5) is 0 Å². The van der Waals surface area contributed by atoms with Crippen molar-refractivity contribution in [2.75, 3.05) is 0 Å². The predicted molar refractivity (Wildman–Crippen MR) is 82.8 cm³/mol. The molecule has 19 heavy (non-hydrogen) atoms. The van der Waals surface area contributed by atoms with Gasteiger partial charge in [-0.3, -0.25) is 0 Å². The van der Waals surface area contributed by atoms with Gasteiger partial charge >= 0.3 is 0 Å². The molecule has 0 heterocycles. The second-order valence-corrected chi connectivity index (χ2v) is 5.18. The van der Waals surface area contributed by atoms with Gasteiger partial charge in [-0.2, -0.15) is 0 Å². The maximum atomic E-state index is 2.37. The van der Waals surface area contributed by atoms with Crippen molar-refractivity contribution in [3.63, 3.8) is 0 Å². The van der Waals surface area contributed by atoms with Crippen LogP contribution in [0.15, 0.2) is 72.8 Å². The molecular weight excluding hydrogens is 228 g/mol. The molecule has 0 saturated heterocycles. The third kappa shape index (κ3) is 2.68. The molecule has 0 spiro atoms. The third-order valence-corrected chi connectivity index (χ3v) is 3.57. The van der Waals surface area contributed by atoms with E-state index in [9.17, 15) is 0 Å². The molecule has 0 bridgehead atoms. The Morgan fingerprint density at radius 1 is 0.842 bits per heavy atom. The molecule has 3 rings (SSSR count). The number of rotatable bonds is 2. The van der Waals surface area contributed by atoms with Crippen LogP contribution in [0.2, 0.25) is 0 Å². The van der Waals surface area contributed by atoms with Gasteiger partial charge in [-0.1, -0.05) is 73.7 Å². The van der Waals surface area contributed by atoms with Gasteiger partial charge < -0.3 is 0 Å². The fourth-order valence-electron chi connectivity index (χ4n) is 2.54. The van der Waals surface area contributed by atoms with E-state index in [1.807, 2.05) is 0 Å². The Balaban J connectivity index is 1.99.